The lowest BCUT2D eigenvalue weighted by Crippen LogP contribution is -2.32. The van der Waals surface area contributed by atoms with Gasteiger partial charge in [-0.1, -0.05) is 42.5 Å². The van der Waals surface area contributed by atoms with Gasteiger partial charge in [0.2, 0.25) is 5.91 Å². The maximum atomic E-state index is 12.4. The number of benzene rings is 3. The molecule has 4 rings (SSSR count). The van der Waals surface area contributed by atoms with Crippen molar-refractivity contribution in [3.8, 4) is 28.4 Å². The van der Waals surface area contributed by atoms with Gasteiger partial charge in [0.1, 0.15) is 17.2 Å². The molecule has 0 heterocycles. The molecule has 1 aliphatic carbocycles. The van der Waals surface area contributed by atoms with Crippen LogP contribution in [0.4, 0.5) is 0 Å². The second kappa shape index (κ2) is 10.3. The zero-order chi connectivity index (χ0) is 23.2. The van der Waals surface area contributed by atoms with Gasteiger partial charge in [0.25, 0.3) is 0 Å². The van der Waals surface area contributed by atoms with Crippen LogP contribution < -0.4 is 14.8 Å². The lowest BCUT2D eigenvalue weighted by molar-refractivity contribution is -0.119. The average Bonchev–Trinajstić information content (AvgIpc) is 3.63. The molecule has 1 fully saturated rings. The molecule has 0 aliphatic heterocycles. The molecule has 170 valence electrons. The van der Waals surface area contributed by atoms with Crippen LogP contribution in [0.1, 0.15) is 43.5 Å². The van der Waals surface area contributed by atoms with E-state index in [1.165, 1.54) is 19.8 Å². The molecular weight excluding hydrogens is 414 g/mol. The number of rotatable bonds is 10. The Balaban J connectivity index is 1.35. The van der Waals surface area contributed by atoms with Gasteiger partial charge in [0.05, 0.1) is 6.61 Å². The van der Waals surface area contributed by atoms with Crippen molar-refractivity contribution in [1.82, 2.24) is 5.32 Å². The molecule has 5 heteroatoms. The highest BCUT2D eigenvalue weighted by Crippen LogP contribution is 2.31. The maximum Gasteiger partial charge on any atom is 0.217 e. The smallest absolute Gasteiger partial charge is 0.217 e. The van der Waals surface area contributed by atoms with Gasteiger partial charge in [-0.25, -0.2) is 0 Å². The first kappa shape index (κ1) is 22.6. The van der Waals surface area contributed by atoms with Crippen molar-refractivity contribution in [2.24, 2.45) is 5.92 Å². The number of Topliss-reactive ketones (excluding diaryl/α,β-unsaturated/α-hetero) is 1. The van der Waals surface area contributed by atoms with Gasteiger partial charge in [-0.15, -0.1) is 0 Å². The molecule has 3 aromatic rings. The van der Waals surface area contributed by atoms with Crippen LogP contribution in [0, 0.1) is 5.92 Å². The van der Waals surface area contributed by atoms with Gasteiger partial charge in [-0.3, -0.25) is 9.59 Å². The van der Waals surface area contributed by atoms with E-state index >= 15 is 0 Å². The van der Waals surface area contributed by atoms with Crippen LogP contribution in [0.25, 0.3) is 11.1 Å². The zero-order valence-corrected chi connectivity index (χ0v) is 19.0. The van der Waals surface area contributed by atoms with E-state index in [1.807, 2.05) is 79.7 Å². The predicted molar refractivity (Wildman–Crippen MR) is 129 cm³/mol. The average molecular weight is 444 g/mol. The van der Waals surface area contributed by atoms with E-state index < -0.39 is 0 Å². The second-order valence-corrected chi connectivity index (χ2v) is 8.66. The van der Waals surface area contributed by atoms with E-state index in [0.717, 1.165) is 35.0 Å². The van der Waals surface area contributed by atoms with Crippen molar-refractivity contribution < 1.29 is 19.1 Å². The van der Waals surface area contributed by atoms with Crippen LogP contribution in [-0.2, 0) is 4.79 Å². The van der Waals surface area contributed by atoms with Gasteiger partial charge in [-0.2, -0.15) is 0 Å². The molecule has 1 unspecified atom stereocenters. The normalized spacial score (nSPS) is 13.8. The first-order valence-electron chi connectivity index (χ1n) is 11.4. The Kier molecular flexibility index (Phi) is 7.08. The van der Waals surface area contributed by atoms with Crippen LogP contribution in [0.2, 0.25) is 0 Å². The molecule has 33 heavy (non-hydrogen) atoms. The van der Waals surface area contributed by atoms with E-state index in [0.29, 0.717) is 11.5 Å². The van der Waals surface area contributed by atoms with E-state index in [1.54, 1.807) is 0 Å². The molecule has 0 spiro atoms. The molecule has 0 bridgehead atoms. The molecule has 0 aromatic heterocycles. The van der Waals surface area contributed by atoms with Gasteiger partial charge >= 0.3 is 0 Å². The predicted octanol–water partition coefficient (Wildman–Crippen LogP) is 6.03. The Labute approximate surface area is 194 Å². The van der Waals surface area contributed by atoms with E-state index in [4.69, 9.17) is 9.47 Å². The minimum absolute atomic E-state index is 0.00916. The number of carbonyl (C=O) groups excluding carboxylic acids is 2. The quantitative estimate of drug-likeness (QED) is 0.389. The minimum atomic E-state index is -0.187. The Hall–Kier alpha value is -3.60. The fourth-order valence-corrected chi connectivity index (χ4v) is 3.62. The molecule has 1 aliphatic rings. The lowest BCUT2D eigenvalue weighted by Gasteiger charge is -2.12. The van der Waals surface area contributed by atoms with E-state index in [2.05, 4.69) is 5.32 Å². The molecule has 0 radical (unpaired) electrons. The summed E-state index contributed by atoms with van der Waals surface area (Å²) in [6.07, 6.45) is 2.80. The third-order valence-electron chi connectivity index (χ3n) is 5.56. The SMILES string of the molecule is CC(=O)NC(C)CC(=O)c1ccc(-c2ccc(Oc3cccc(OCC4CC4)c3)cc2)cc1. The highest BCUT2D eigenvalue weighted by molar-refractivity contribution is 5.97. The van der Waals surface area contributed by atoms with Crippen LogP contribution >= 0.6 is 0 Å². The number of nitrogens with one attached hydrogen (secondary N) is 1. The summed E-state index contributed by atoms with van der Waals surface area (Å²) < 4.78 is 11.8. The number of hydrogen-bond donors (Lipinski definition) is 1. The Morgan fingerprint density at radius 2 is 1.55 bits per heavy atom. The minimum Gasteiger partial charge on any atom is -0.493 e. The summed E-state index contributed by atoms with van der Waals surface area (Å²) >= 11 is 0. The zero-order valence-electron chi connectivity index (χ0n) is 19.0. The molecule has 0 saturated heterocycles. The van der Waals surface area contributed by atoms with Crippen molar-refractivity contribution in [2.75, 3.05) is 6.61 Å². The largest absolute Gasteiger partial charge is 0.493 e. The third-order valence-corrected chi connectivity index (χ3v) is 5.56. The molecule has 1 amide bonds. The number of ketones is 1. The lowest BCUT2D eigenvalue weighted by atomic mass is 10.00. The summed E-state index contributed by atoms with van der Waals surface area (Å²) in [4.78, 5) is 23.6. The van der Waals surface area contributed by atoms with Crippen LogP contribution in [-0.4, -0.2) is 24.3 Å². The maximum absolute atomic E-state index is 12.4. The van der Waals surface area contributed by atoms with Crippen molar-refractivity contribution in [2.45, 2.75) is 39.2 Å². The number of ether oxygens (including phenoxy) is 2. The standard InChI is InChI=1S/C28H29NO4/c1-19(29-20(2)30)16-28(31)24-10-8-22(9-11-24)23-12-14-25(15-13-23)33-27-5-3-4-26(17-27)32-18-21-6-7-21/h3-5,8-15,17,19,21H,6-7,16,18H2,1-2H3,(H,29,30). The molecular formula is C28H29NO4. The van der Waals surface area contributed by atoms with Gasteiger partial charge in [0, 0.05) is 31.0 Å². The van der Waals surface area contributed by atoms with Crippen LogP contribution in [0.5, 0.6) is 17.2 Å². The number of amides is 1. The number of hydrogen-bond acceptors (Lipinski definition) is 4. The summed E-state index contributed by atoms with van der Waals surface area (Å²) in [6, 6.07) is 22.9. The Bertz CT molecular complexity index is 1100. The van der Waals surface area contributed by atoms with Crippen LogP contribution in [0.15, 0.2) is 72.8 Å². The molecule has 5 nitrogen and oxygen atoms in total. The topological polar surface area (TPSA) is 64.6 Å². The summed E-state index contributed by atoms with van der Waals surface area (Å²) in [5.74, 6) is 2.91. The van der Waals surface area contributed by atoms with E-state index in [-0.39, 0.29) is 24.2 Å². The van der Waals surface area contributed by atoms with Gasteiger partial charge in [-0.05, 0) is 61.1 Å². The third kappa shape index (κ3) is 6.69. The number of carbonyl (C=O) groups is 2. The summed E-state index contributed by atoms with van der Waals surface area (Å²) in [7, 11) is 0. The van der Waals surface area contributed by atoms with Gasteiger partial charge in [0.15, 0.2) is 5.78 Å². The first-order chi connectivity index (χ1) is 16.0. The summed E-state index contributed by atoms with van der Waals surface area (Å²) in [5.41, 5.74) is 2.69. The Morgan fingerprint density at radius 1 is 0.909 bits per heavy atom. The fourth-order valence-electron chi connectivity index (χ4n) is 3.62. The Morgan fingerprint density at radius 3 is 2.18 bits per heavy atom. The fraction of sp³-hybridized carbons (Fsp3) is 0.286. The molecule has 1 atom stereocenters. The van der Waals surface area contributed by atoms with Crippen molar-refractivity contribution >= 4 is 11.7 Å². The summed E-state index contributed by atoms with van der Waals surface area (Å²) in [5, 5.41) is 2.74. The van der Waals surface area contributed by atoms with Crippen LogP contribution in [0.3, 0.4) is 0 Å². The molecule has 3 aromatic carbocycles. The highest BCUT2D eigenvalue weighted by atomic mass is 16.5. The van der Waals surface area contributed by atoms with Crippen molar-refractivity contribution in [3.63, 3.8) is 0 Å². The monoisotopic (exact) mass is 443 g/mol. The molecule has 1 N–H and O–H groups in total. The van der Waals surface area contributed by atoms with E-state index in [9.17, 15) is 9.59 Å². The van der Waals surface area contributed by atoms with Crippen molar-refractivity contribution in [1.29, 1.82) is 0 Å². The second-order valence-electron chi connectivity index (χ2n) is 8.66. The molecule has 1 saturated carbocycles. The highest BCUT2D eigenvalue weighted by Gasteiger charge is 2.21. The van der Waals surface area contributed by atoms with Gasteiger partial charge < -0.3 is 14.8 Å². The first-order valence-corrected chi connectivity index (χ1v) is 11.4. The van der Waals surface area contributed by atoms with Crippen molar-refractivity contribution in [3.05, 3.63) is 78.4 Å². The summed E-state index contributed by atoms with van der Waals surface area (Å²) in [6.45, 7) is 4.05.